The number of carbonyl (C=O) groups excluding carboxylic acids is 1. The van der Waals surface area contributed by atoms with Gasteiger partial charge < -0.3 is 16.0 Å². The SMILES string of the molecule is CC(C)N1CCC(NC(=O)C2(N)CCCCC2)CC1. The molecule has 1 saturated heterocycles. The van der Waals surface area contributed by atoms with Crippen molar-refractivity contribution in [2.45, 2.75) is 76.4 Å². The number of piperidine rings is 1. The fraction of sp³-hybridized carbons (Fsp3) is 0.933. The normalized spacial score (nSPS) is 25.5. The number of carbonyl (C=O) groups is 1. The Morgan fingerprint density at radius 1 is 1.21 bits per heavy atom. The van der Waals surface area contributed by atoms with Crippen LogP contribution in [-0.4, -0.2) is 41.5 Å². The number of nitrogens with one attached hydrogen (secondary N) is 1. The average molecular weight is 267 g/mol. The highest BCUT2D eigenvalue weighted by Gasteiger charge is 2.36. The van der Waals surface area contributed by atoms with Crippen LogP contribution in [0.15, 0.2) is 0 Å². The van der Waals surface area contributed by atoms with Gasteiger partial charge in [-0.25, -0.2) is 0 Å². The Labute approximate surface area is 117 Å². The first kappa shape index (κ1) is 14.8. The molecule has 0 radical (unpaired) electrons. The second kappa shape index (κ2) is 6.23. The van der Waals surface area contributed by atoms with E-state index in [1.54, 1.807) is 0 Å². The van der Waals surface area contributed by atoms with Crippen LogP contribution < -0.4 is 11.1 Å². The van der Waals surface area contributed by atoms with Gasteiger partial charge in [-0.3, -0.25) is 4.79 Å². The summed E-state index contributed by atoms with van der Waals surface area (Å²) in [5, 5.41) is 3.20. The van der Waals surface area contributed by atoms with Gasteiger partial charge in [-0.05, 0) is 39.5 Å². The number of nitrogens with zero attached hydrogens (tertiary/aromatic N) is 1. The van der Waals surface area contributed by atoms with Crippen molar-refractivity contribution in [2.24, 2.45) is 5.73 Å². The van der Waals surface area contributed by atoms with Crippen LogP contribution in [0.5, 0.6) is 0 Å². The third-order valence-corrected chi connectivity index (χ3v) is 4.79. The average Bonchev–Trinajstić information content (AvgIpc) is 2.40. The maximum atomic E-state index is 12.4. The molecule has 2 aliphatic rings. The lowest BCUT2D eigenvalue weighted by atomic mass is 9.81. The predicted octanol–water partition coefficient (Wildman–Crippen LogP) is 1.64. The Hall–Kier alpha value is -0.610. The largest absolute Gasteiger partial charge is 0.352 e. The molecule has 19 heavy (non-hydrogen) atoms. The number of amides is 1. The summed E-state index contributed by atoms with van der Waals surface area (Å²) in [6.45, 7) is 6.63. The molecule has 1 amide bonds. The second-order valence-corrected chi connectivity index (χ2v) is 6.59. The van der Waals surface area contributed by atoms with Crippen molar-refractivity contribution in [3.8, 4) is 0 Å². The third kappa shape index (κ3) is 3.69. The lowest BCUT2D eigenvalue weighted by molar-refractivity contribution is -0.128. The Kier molecular flexibility index (Phi) is 4.85. The lowest BCUT2D eigenvalue weighted by Gasteiger charge is -2.37. The molecule has 0 bridgehead atoms. The van der Waals surface area contributed by atoms with Gasteiger partial charge in [-0.1, -0.05) is 19.3 Å². The highest BCUT2D eigenvalue weighted by molar-refractivity contribution is 5.86. The van der Waals surface area contributed by atoms with E-state index in [-0.39, 0.29) is 5.91 Å². The molecule has 0 aromatic rings. The summed E-state index contributed by atoms with van der Waals surface area (Å²) in [6.07, 6.45) is 7.22. The van der Waals surface area contributed by atoms with Crippen molar-refractivity contribution in [3.05, 3.63) is 0 Å². The number of likely N-dealkylation sites (tertiary alicyclic amines) is 1. The topological polar surface area (TPSA) is 58.4 Å². The van der Waals surface area contributed by atoms with Crippen molar-refractivity contribution in [2.75, 3.05) is 13.1 Å². The molecule has 2 fully saturated rings. The van der Waals surface area contributed by atoms with Gasteiger partial charge in [0.05, 0.1) is 5.54 Å². The Morgan fingerprint density at radius 2 is 1.79 bits per heavy atom. The van der Waals surface area contributed by atoms with Crippen LogP contribution in [0, 0.1) is 0 Å². The molecule has 0 spiro atoms. The van der Waals surface area contributed by atoms with Crippen molar-refractivity contribution in [1.29, 1.82) is 0 Å². The molecule has 4 nitrogen and oxygen atoms in total. The number of hydrogen-bond acceptors (Lipinski definition) is 3. The van der Waals surface area contributed by atoms with Crippen molar-refractivity contribution in [3.63, 3.8) is 0 Å². The van der Waals surface area contributed by atoms with E-state index in [1.807, 2.05) is 0 Å². The van der Waals surface area contributed by atoms with Crippen molar-refractivity contribution in [1.82, 2.24) is 10.2 Å². The van der Waals surface area contributed by atoms with Crippen LogP contribution in [0.4, 0.5) is 0 Å². The smallest absolute Gasteiger partial charge is 0.240 e. The Balaban J connectivity index is 1.80. The standard InChI is InChI=1S/C15H29N3O/c1-12(2)18-10-6-13(7-11-18)17-14(19)15(16)8-4-3-5-9-15/h12-13H,3-11,16H2,1-2H3,(H,17,19). The molecule has 1 aliphatic carbocycles. The maximum absolute atomic E-state index is 12.4. The quantitative estimate of drug-likeness (QED) is 0.817. The van der Waals surface area contributed by atoms with Gasteiger partial charge in [0.25, 0.3) is 0 Å². The summed E-state index contributed by atoms with van der Waals surface area (Å²) < 4.78 is 0. The van der Waals surface area contributed by atoms with Crippen LogP contribution in [-0.2, 0) is 4.79 Å². The minimum Gasteiger partial charge on any atom is -0.352 e. The molecule has 0 aromatic heterocycles. The molecule has 0 atom stereocenters. The number of rotatable bonds is 3. The van der Waals surface area contributed by atoms with Crippen LogP contribution >= 0.6 is 0 Å². The fourth-order valence-electron chi connectivity index (χ4n) is 3.30. The second-order valence-electron chi connectivity index (χ2n) is 6.59. The van der Waals surface area contributed by atoms with E-state index in [9.17, 15) is 4.79 Å². The molecule has 1 aliphatic heterocycles. The first-order chi connectivity index (χ1) is 9.01. The van der Waals surface area contributed by atoms with Gasteiger partial charge in [-0.15, -0.1) is 0 Å². The van der Waals surface area contributed by atoms with Crippen LogP contribution in [0.25, 0.3) is 0 Å². The molecule has 110 valence electrons. The highest BCUT2D eigenvalue weighted by atomic mass is 16.2. The lowest BCUT2D eigenvalue weighted by Crippen LogP contribution is -2.58. The van der Waals surface area contributed by atoms with E-state index in [0.29, 0.717) is 12.1 Å². The van der Waals surface area contributed by atoms with E-state index in [2.05, 4.69) is 24.1 Å². The number of hydrogen-bond donors (Lipinski definition) is 2. The van der Waals surface area contributed by atoms with E-state index >= 15 is 0 Å². The van der Waals surface area contributed by atoms with Gasteiger partial charge in [0.2, 0.25) is 5.91 Å². The zero-order valence-electron chi connectivity index (χ0n) is 12.5. The molecule has 0 aromatic carbocycles. The minimum atomic E-state index is -0.590. The molecule has 2 rings (SSSR count). The van der Waals surface area contributed by atoms with Crippen LogP contribution in [0.1, 0.15) is 58.8 Å². The molecule has 4 heteroatoms. The van der Waals surface area contributed by atoms with Crippen LogP contribution in [0.3, 0.4) is 0 Å². The molecule has 1 saturated carbocycles. The summed E-state index contributed by atoms with van der Waals surface area (Å²) in [6, 6.07) is 0.931. The minimum absolute atomic E-state index is 0.0928. The zero-order chi connectivity index (χ0) is 13.9. The van der Waals surface area contributed by atoms with Gasteiger partial charge in [0, 0.05) is 25.2 Å². The summed E-state index contributed by atoms with van der Waals surface area (Å²) in [7, 11) is 0. The molecular weight excluding hydrogens is 238 g/mol. The highest BCUT2D eigenvalue weighted by Crippen LogP contribution is 2.26. The van der Waals surface area contributed by atoms with Crippen molar-refractivity contribution < 1.29 is 4.79 Å². The van der Waals surface area contributed by atoms with E-state index in [4.69, 9.17) is 5.73 Å². The molecular formula is C15H29N3O. The predicted molar refractivity (Wildman–Crippen MR) is 77.9 cm³/mol. The first-order valence-corrected chi connectivity index (χ1v) is 7.85. The summed E-state index contributed by atoms with van der Waals surface area (Å²) >= 11 is 0. The van der Waals surface area contributed by atoms with Crippen molar-refractivity contribution >= 4 is 5.91 Å². The third-order valence-electron chi connectivity index (χ3n) is 4.79. The van der Waals surface area contributed by atoms with Crippen LogP contribution in [0.2, 0.25) is 0 Å². The Morgan fingerprint density at radius 3 is 2.32 bits per heavy atom. The molecule has 1 heterocycles. The molecule has 0 unspecified atom stereocenters. The van der Waals surface area contributed by atoms with E-state index in [1.165, 1.54) is 6.42 Å². The van der Waals surface area contributed by atoms with Gasteiger partial charge >= 0.3 is 0 Å². The summed E-state index contributed by atoms with van der Waals surface area (Å²) in [5.41, 5.74) is 5.68. The fourth-order valence-corrected chi connectivity index (χ4v) is 3.30. The van der Waals surface area contributed by atoms with E-state index < -0.39 is 5.54 Å². The monoisotopic (exact) mass is 267 g/mol. The molecule has 3 N–H and O–H groups in total. The van der Waals surface area contributed by atoms with Gasteiger partial charge in [0.1, 0.15) is 0 Å². The van der Waals surface area contributed by atoms with E-state index in [0.717, 1.165) is 51.6 Å². The first-order valence-electron chi connectivity index (χ1n) is 7.85. The van der Waals surface area contributed by atoms with Gasteiger partial charge in [-0.2, -0.15) is 0 Å². The number of nitrogens with two attached hydrogens (primary N) is 1. The summed E-state index contributed by atoms with van der Waals surface area (Å²) in [4.78, 5) is 14.8. The Bertz CT molecular complexity index is 303. The summed E-state index contributed by atoms with van der Waals surface area (Å²) in [5.74, 6) is 0.0928. The van der Waals surface area contributed by atoms with Gasteiger partial charge in [0.15, 0.2) is 0 Å². The zero-order valence-corrected chi connectivity index (χ0v) is 12.5. The maximum Gasteiger partial charge on any atom is 0.240 e.